The van der Waals surface area contributed by atoms with Gasteiger partial charge in [-0.1, -0.05) is 12.1 Å². The van der Waals surface area contributed by atoms with Gasteiger partial charge in [0.05, 0.1) is 17.1 Å². The molecule has 172 valence electrons. The predicted octanol–water partition coefficient (Wildman–Crippen LogP) is 4.20. The Morgan fingerprint density at radius 3 is 2.82 bits per heavy atom. The van der Waals surface area contributed by atoms with Gasteiger partial charge in [-0.2, -0.15) is 0 Å². The van der Waals surface area contributed by atoms with E-state index in [1.807, 2.05) is 13.0 Å². The molecule has 3 aromatic rings. The summed E-state index contributed by atoms with van der Waals surface area (Å²) in [6, 6.07) is 6.50. The number of aryl methyl sites for hydroxylation is 2. The molecule has 2 aliphatic rings. The number of fused-ring (bicyclic) bond motifs is 2. The number of carbonyl (C=O) groups is 2. The lowest BCUT2D eigenvalue weighted by molar-refractivity contribution is 0.0858. The van der Waals surface area contributed by atoms with E-state index >= 15 is 0 Å². The Balaban J connectivity index is 1.44. The van der Waals surface area contributed by atoms with Gasteiger partial charge in [0.2, 0.25) is 0 Å². The normalized spacial score (nSPS) is 17.7. The lowest BCUT2D eigenvalue weighted by Gasteiger charge is -2.15. The highest BCUT2D eigenvalue weighted by atomic mass is 32.1. The predicted molar refractivity (Wildman–Crippen MR) is 127 cm³/mol. The molecule has 8 heteroatoms. The van der Waals surface area contributed by atoms with Crippen LogP contribution in [0.1, 0.15) is 62.6 Å². The first kappa shape index (κ1) is 21.9. The summed E-state index contributed by atoms with van der Waals surface area (Å²) in [5, 5.41) is 6.79. The van der Waals surface area contributed by atoms with Crippen molar-refractivity contribution < 1.29 is 18.7 Å². The number of hydrogen-bond donors (Lipinski definition) is 2. The van der Waals surface area contributed by atoms with Crippen LogP contribution in [-0.2, 0) is 17.6 Å². The van der Waals surface area contributed by atoms with Gasteiger partial charge < -0.3 is 19.8 Å². The first-order valence-electron chi connectivity index (χ1n) is 11.4. The van der Waals surface area contributed by atoms with Gasteiger partial charge in [0.15, 0.2) is 11.2 Å². The highest BCUT2D eigenvalue weighted by molar-refractivity contribution is 7.17. The summed E-state index contributed by atoms with van der Waals surface area (Å²) in [5.41, 5.74) is 2.45. The second-order valence-electron chi connectivity index (χ2n) is 8.64. The third kappa shape index (κ3) is 4.32. The fourth-order valence-corrected chi connectivity index (χ4v) is 5.87. The smallest absolute Gasteiger partial charge is 0.292 e. The number of benzene rings is 1. The van der Waals surface area contributed by atoms with E-state index in [-0.39, 0.29) is 23.2 Å². The fraction of sp³-hybridized carbons (Fsp3) is 0.400. The summed E-state index contributed by atoms with van der Waals surface area (Å²) in [7, 11) is 0. The van der Waals surface area contributed by atoms with Crippen molar-refractivity contribution in [1.82, 2.24) is 5.32 Å². The van der Waals surface area contributed by atoms with E-state index < -0.39 is 5.91 Å². The molecule has 2 N–H and O–H groups in total. The summed E-state index contributed by atoms with van der Waals surface area (Å²) in [4.78, 5) is 39.9. The first-order valence-corrected chi connectivity index (χ1v) is 12.2. The molecule has 1 unspecified atom stereocenters. The van der Waals surface area contributed by atoms with Gasteiger partial charge in [-0.3, -0.25) is 14.4 Å². The Kier molecular flexibility index (Phi) is 6.03. The first-order chi connectivity index (χ1) is 16.0. The van der Waals surface area contributed by atoms with Crippen LogP contribution in [0, 0.1) is 6.92 Å². The van der Waals surface area contributed by atoms with E-state index in [2.05, 4.69) is 10.6 Å². The minimum atomic E-state index is -0.538. The van der Waals surface area contributed by atoms with E-state index in [1.165, 1.54) is 17.4 Å². The van der Waals surface area contributed by atoms with Crippen molar-refractivity contribution in [2.24, 2.45) is 0 Å². The van der Waals surface area contributed by atoms with Gasteiger partial charge in [0, 0.05) is 24.1 Å². The summed E-state index contributed by atoms with van der Waals surface area (Å²) in [5.74, 6) is -0.807. The number of rotatable bonds is 5. The summed E-state index contributed by atoms with van der Waals surface area (Å²) in [6.07, 6.45) is 5.77. The second kappa shape index (κ2) is 9.11. The average Bonchev–Trinajstić information content (AvgIpc) is 3.45. The standard InChI is InChI=1S/C25H26N2O5S/c1-14-6-4-9-16-18(28)12-19(32-22(14)16)23(29)27-25-21(17-8-2-3-10-20(17)33-25)24(30)26-13-15-7-5-11-31-15/h4,6,9,12,15H,2-3,5,7-8,10-11,13H2,1H3,(H,26,30)(H,27,29). The van der Waals surface area contributed by atoms with Crippen molar-refractivity contribution in [2.45, 2.75) is 51.6 Å². The molecule has 33 heavy (non-hydrogen) atoms. The van der Waals surface area contributed by atoms with Gasteiger partial charge in [0.25, 0.3) is 11.8 Å². The van der Waals surface area contributed by atoms with Crippen molar-refractivity contribution >= 4 is 39.1 Å². The summed E-state index contributed by atoms with van der Waals surface area (Å²) in [6.45, 7) is 3.01. The number of ether oxygens (including phenoxy) is 1. The molecule has 1 aliphatic carbocycles. The third-order valence-corrected chi connectivity index (χ3v) is 7.52. The molecular weight excluding hydrogens is 440 g/mol. The van der Waals surface area contributed by atoms with E-state index in [1.54, 1.807) is 12.1 Å². The molecule has 2 amide bonds. The van der Waals surface area contributed by atoms with Gasteiger partial charge in [-0.15, -0.1) is 11.3 Å². The number of hydrogen-bond acceptors (Lipinski definition) is 6. The Bertz CT molecular complexity index is 1290. The number of anilines is 1. The average molecular weight is 467 g/mol. The van der Waals surface area contributed by atoms with Crippen LogP contribution in [-0.4, -0.2) is 31.1 Å². The minimum absolute atomic E-state index is 0.0385. The Morgan fingerprint density at radius 2 is 2.00 bits per heavy atom. The van der Waals surface area contributed by atoms with Crippen LogP contribution in [0.4, 0.5) is 5.00 Å². The SMILES string of the molecule is Cc1cccc2c(=O)cc(C(=O)Nc3sc4c(c3C(=O)NCC3CCCO3)CCCC4)oc12. The van der Waals surface area contributed by atoms with Gasteiger partial charge in [-0.05, 0) is 62.6 Å². The van der Waals surface area contributed by atoms with Crippen LogP contribution in [0.3, 0.4) is 0 Å². The second-order valence-corrected chi connectivity index (χ2v) is 9.75. The fourth-order valence-electron chi connectivity index (χ4n) is 4.59. The Morgan fingerprint density at radius 1 is 1.15 bits per heavy atom. The van der Waals surface area contributed by atoms with Crippen LogP contribution in [0.25, 0.3) is 11.0 Å². The molecule has 0 saturated carbocycles. The Hall–Kier alpha value is -2.97. The number of carbonyl (C=O) groups excluding carboxylic acids is 2. The highest BCUT2D eigenvalue weighted by Gasteiger charge is 2.28. The molecule has 1 fully saturated rings. The van der Waals surface area contributed by atoms with Crippen LogP contribution in [0.2, 0.25) is 0 Å². The van der Waals surface area contributed by atoms with Crippen molar-refractivity contribution in [3.63, 3.8) is 0 Å². The van der Waals surface area contributed by atoms with E-state index in [0.29, 0.717) is 28.1 Å². The monoisotopic (exact) mass is 466 g/mol. The molecule has 3 heterocycles. The van der Waals surface area contributed by atoms with Crippen molar-refractivity contribution in [3.8, 4) is 0 Å². The Labute approximate surface area is 195 Å². The number of amides is 2. The quantitative estimate of drug-likeness (QED) is 0.587. The zero-order valence-electron chi connectivity index (χ0n) is 18.5. The molecule has 7 nitrogen and oxygen atoms in total. The zero-order chi connectivity index (χ0) is 22.9. The highest BCUT2D eigenvalue weighted by Crippen LogP contribution is 2.38. The third-order valence-electron chi connectivity index (χ3n) is 6.32. The van der Waals surface area contributed by atoms with Crippen LogP contribution in [0.5, 0.6) is 0 Å². The van der Waals surface area contributed by atoms with Gasteiger partial charge in [0.1, 0.15) is 10.6 Å². The van der Waals surface area contributed by atoms with E-state index in [4.69, 9.17) is 9.15 Å². The minimum Gasteiger partial charge on any atom is -0.450 e. The maximum atomic E-state index is 13.2. The lowest BCUT2D eigenvalue weighted by atomic mass is 9.95. The van der Waals surface area contributed by atoms with E-state index in [0.717, 1.165) is 61.1 Å². The topological polar surface area (TPSA) is 97.6 Å². The molecule has 5 rings (SSSR count). The van der Waals surface area contributed by atoms with Crippen LogP contribution in [0.15, 0.2) is 33.5 Å². The molecule has 0 bridgehead atoms. The molecule has 0 spiro atoms. The van der Waals surface area contributed by atoms with Crippen molar-refractivity contribution in [2.75, 3.05) is 18.5 Å². The number of thiophene rings is 1. The maximum absolute atomic E-state index is 13.2. The lowest BCUT2D eigenvalue weighted by Crippen LogP contribution is -2.32. The van der Waals surface area contributed by atoms with Gasteiger partial charge in [-0.25, -0.2) is 0 Å². The van der Waals surface area contributed by atoms with Crippen molar-refractivity contribution in [3.05, 3.63) is 61.8 Å². The molecule has 1 aliphatic heterocycles. The number of nitrogens with one attached hydrogen (secondary N) is 2. The molecule has 2 aromatic heterocycles. The summed E-state index contributed by atoms with van der Waals surface area (Å²) < 4.78 is 11.4. The number of para-hydroxylation sites is 1. The molecule has 1 atom stereocenters. The largest absolute Gasteiger partial charge is 0.450 e. The maximum Gasteiger partial charge on any atom is 0.292 e. The van der Waals surface area contributed by atoms with Gasteiger partial charge >= 0.3 is 0 Å². The van der Waals surface area contributed by atoms with Crippen LogP contribution < -0.4 is 16.1 Å². The van der Waals surface area contributed by atoms with Crippen molar-refractivity contribution in [1.29, 1.82) is 0 Å². The molecule has 1 saturated heterocycles. The molecule has 0 radical (unpaired) electrons. The zero-order valence-corrected chi connectivity index (χ0v) is 19.3. The molecular formula is C25H26N2O5S. The molecule has 1 aromatic carbocycles. The summed E-state index contributed by atoms with van der Waals surface area (Å²) >= 11 is 1.44. The van der Waals surface area contributed by atoms with E-state index in [9.17, 15) is 14.4 Å². The van der Waals surface area contributed by atoms with Crippen LogP contribution >= 0.6 is 11.3 Å².